The number of anilines is 1. The summed E-state index contributed by atoms with van der Waals surface area (Å²) in [4.78, 5) is 9.23. The number of aromatic nitrogens is 6. The van der Waals surface area contributed by atoms with Gasteiger partial charge in [0, 0.05) is 23.4 Å². The van der Waals surface area contributed by atoms with E-state index in [4.69, 9.17) is 16.3 Å². The Morgan fingerprint density at radius 2 is 2.03 bits per heavy atom. The number of aromatic amines is 1. The fraction of sp³-hybridized carbons (Fsp3) is 0.0952. The van der Waals surface area contributed by atoms with Crippen molar-refractivity contribution in [3.8, 4) is 28.1 Å². The van der Waals surface area contributed by atoms with Gasteiger partial charge in [0.05, 0.1) is 47.0 Å². The number of hydrogen-bond acceptors (Lipinski definition) is 8. The number of ether oxygens (including phenoxy) is 1. The second-order valence-electron chi connectivity index (χ2n) is 6.64. The number of H-pyrrole nitrogens is 1. The molecule has 0 atom stereocenters. The zero-order chi connectivity index (χ0) is 21.2. The molecule has 0 radical (unpaired) electrons. The van der Waals surface area contributed by atoms with Crippen LogP contribution in [0.5, 0.6) is 5.75 Å². The normalized spacial score (nSPS) is 11.0. The summed E-state index contributed by atoms with van der Waals surface area (Å²) in [5, 5.41) is 19.7. The first-order valence-electron chi connectivity index (χ1n) is 9.36. The van der Waals surface area contributed by atoms with E-state index in [9.17, 15) is 0 Å². The van der Waals surface area contributed by atoms with Gasteiger partial charge in [-0.25, -0.2) is 9.97 Å². The molecule has 8 nitrogen and oxygen atoms in total. The van der Waals surface area contributed by atoms with Gasteiger partial charge in [-0.2, -0.15) is 10.2 Å². The number of rotatable bonds is 6. The molecule has 0 amide bonds. The maximum atomic E-state index is 6.44. The van der Waals surface area contributed by atoms with Crippen molar-refractivity contribution in [1.29, 1.82) is 0 Å². The molecule has 0 spiro atoms. The van der Waals surface area contributed by atoms with Crippen molar-refractivity contribution in [3.63, 3.8) is 0 Å². The Hall–Kier alpha value is -3.56. The summed E-state index contributed by atoms with van der Waals surface area (Å²) < 4.78 is 6.35. The number of thiazole rings is 1. The van der Waals surface area contributed by atoms with Gasteiger partial charge in [0.15, 0.2) is 0 Å². The van der Waals surface area contributed by atoms with Crippen molar-refractivity contribution < 1.29 is 4.74 Å². The van der Waals surface area contributed by atoms with Crippen LogP contribution < -0.4 is 10.1 Å². The van der Waals surface area contributed by atoms with E-state index < -0.39 is 0 Å². The van der Waals surface area contributed by atoms with Gasteiger partial charge < -0.3 is 10.1 Å². The van der Waals surface area contributed by atoms with Crippen LogP contribution in [0.3, 0.4) is 0 Å². The van der Waals surface area contributed by atoms with Gasteiger partial charge in [-0.05, 0) is 29.8 Å². The highest BCUT2D eigenvalue weighted by atomic mass is 35.5. The van der Waals surface area contributed by atoms with E-state index in [1.807, 2.05) is 42.6 Å². The number of fused-ring (bicyclic) bond motifs is 1. The smallest absolute Gasteiger partial charge is 0.243 e. The van der Waals surface area contributed by atoms with Crippen molar-refractivity contribution in [3.05, 3.63) is 65.0 Å². The lowest BCUT2D eigenvalue weighted by Gasteiger charge is -2.08. The van der Waals surface area contributed by atoms with Gasteiger partial charge in [0.2, 0.25) is 5.95 Å². The van der Waals surface area contributed by atoms with Gasteiger partial charge in [-0.15, -0.1) is 16.4 Å². The predicted molar refractivity (Wildman–Crippen MR) is 121 cm³/mol. The van der Waals surface area contributed by atoms with E-state index in [2.05, 4.69) is 35.7 Å². The molecular formula is C21H16ClN7OS. The SMILES string of the molecule is COc1ccc2sc(CNc3nncc(-c4cc(-c5cn[nH]c5)ccc4Cl)n3)nc2c1. The molecule has 0 aliphatic rings. The predicted octanol–water partition coefficient (Wildman–Crippen LogP) is 4.81. The molecule has 0 aliphatic carbocycles. The third kappa shape index (κ3) is 4.05. The van der Waals surface area contributed by atoms with Crippen LogP contribution in [0.25, 0.3) is 32.6 Å². The zero-order valence-corrected chi connectivity index (χ0v) is 17.9. The molecule has 0 unspecified atom stereocenters. The number of hydrogen-bond donors (Lipinski definition) is 2. The maximum absolute atomic E-state index is 6.44. The topological polar surface area (TPSA) is 102 Å². The Kier molecular flexibility index (Phi) is 5.19. The van der Waals surface area contributed by atoms with Crippen molar-refractivity contribution >= 4 is 39.1 Å². The summed E-state index contributed by atoms with van der Waals surface area (Å²) in [6, 6.07) is 11.6. The van der Waals surface area contributed by atoms with Crippen LogP contribution in [-0.2, 0) is 6.54 Å². The fourth-order valence-electron chi connectivity index (χ4n) is 3.13. The molecule has 0 saturated carbocycles. The molecule has 3 aromatic heterocycles. The minimum atomic E-state index is 0.402. The number of halogens is 1. The Morgan fingerprint density at radius 1 is 1.10 bits per heavy atom. The van der Waals surface area contributed by atoms with Crippen LogP contribution >= 0.6 is 22.9 Å². The van der Waals surface area contributed by atoms with Crippen LogP contribution in [0.2, 0.25) is 5.02 Å². The highest BCUT2D eigenvalue weighted by molar-refractivity contribution is 7.18. The quantitative estimate of drug-likeness (QED) is 0.383. The molecule has 0 bridgehead atoms. The van der Waals surface area contributed by atoms with Crippen molar-refractivity contribution in [2.75, 3.05) is 12.4 Å². The molecule has 0 aliphatic heterocycles. The number of nitrogens with one attached hydrogen (secondary N) is 2. The van der Waals surface area contributed by atoms with Crippen LogP contribution in [0.15, 0.2) is 55.0 Å². The average Bonchev–Trinajstić information content (AvgIpc) is 3.47. The second kappa shape index (κ2) is 8.29. The molecule has 0 saturated heterocycles. The highest BCUT2D eigenvalue weighted by Gasteiger charge is 2.11. The standard InChI is InChI=1S/C21H16ClN7OS/c1-30-14-3-5-19-17(7-14)27-20(31-19)11-23-21-28-18(10-26-29-21)15-6-12(2-4-16(15)22)13-8-24-25-9-13/h2-10H,11H2,1H3,(H,24,25)(H,23,28,29). The first-order chi connectivity index (χ1) is 15.2. The molecule has 2 N–H and O–H groups in total. The van der Waals surface area contributed by atoms with E-state index in [-0.39, 0.29) is 0 Å². The number of nitrogens with zero attached hydrogens (tertiary/aromatic N) is 5. The Morgan fingerprint density at radius 3 is 2.87 bits per heavy atom. The third-order valence-electron chi connectivity index (χ3n) is 4.67. The van der Waals surface area contributed by atoms with Gasteiger partial charge >= 0.3 is 0 Å². The lowest BCUT2D eigenvalue weighted by molar-refractivity contribution is 0.415. The first-order valence-corrected chi connectivity index (χ1v) is 10.5. The van der Waals surface area contributed by atoms with E-state index >= 15 is 0 Å². The average molecular weight is 450 g/mol. The van der Waals surface area contributed by atoms with Gasteiger partial charge in [0.1, 0.15) is 10.8 Å². The summed E-state index contributed by atoms with van der Waals surface area (Å²) in [7, 11) is 1.64. The van der Waals surface area contributed by atoms with Crippen LogP contribution in [-0.4, -0.2) is 37.5 Å². The highest BCUT2D eigenvalue weighted by Crippen LogP contribution is 2.31. The van der Waals surface area contributed by atoms with Crippen molar-refractivity contribution in [1.82, 2.24) is 30.4 Å². The molecule has 2 aromatic carbocycles. The Bertz CT molecular complexity index is 1350. The molecule has 10 heteroatoms. The summed E-state index contributed by atoms with van der Waals surface area (Å²) in [5.41, 5.74) is 4.24. The van der Waals surface area contributed by atoms with E-state index in [0.717, 1.165) is 37.7 Å². The summed E-state index contributed by atoms with van der Waals surface area (Å²) in [6.07, 6.45) is 5.17. The Labute approximate surface area is 186 Å². The van der Waals surface area contributed by atoms with Crippen molar-refractivity contribution in [2.45, 2.75) is 6.54 Å². The summed E-state index contributed by atoms with van der Waals surface area (Å²) >= 11 is 8.04. The third-order valence-corrected chi connectivity index (χ3v) is 6.04. The van der Waals surface area contributed by atoms with Gasteiger partial charge in [-0.1, -0.05) is 17.7 Å². The minimum absolute atomic E-state index is 0.402. The zero-order valence-electron chi connectivity index (χ0n) is 16.3. The van der Waals surface area contributed by atoms with E-state index in [0.29, 0.717) is 23.2 Å². The fourth-order valence-corrected chi connectivity index (χ4v) is 4.23. The minimum Gasteiger partial charge on any atom is -0.497 e. The first kappa shape index (κ1) is 19.4. The molecule has 3 heterocycles. The molecule has 5 rings (SSSR count). The lowest BCUT2D eigenvalue weighted by Crippen LogP contribution is -2.05. The van der Waals surface area contributed by atoms with Gasteiger partial charge in [-0.3, -0.25) is 5.10 Å². The lowest BCUT2D eigenvalue weighted by atomic mass is 10.0. The second-order valence-corrected chi connectivity index (χ2v) is 8.16. The molecule has 154 valence electrons. The summed E-state index contributed by atoms with van der Waals surface area (Å²) in [5.74, 6) is 1.19. The van der Waals surface area contributed by atoms with Crippen LogP contribution in [0, 0.1) is 0 Å². The molecular weight excluding hydrogens is 434 g/mol. The maximum Gasteiger partial charge on any atom is 0.243 e. The van der Waals surface area contributed by atoms with E-state index in [1.165, 1.54) is 0 Å². The number of methoxy groups -OCH3 is 1. The van der Waals surface area contributed by atoms with Crippen molar-refractivity contribution in [2.24, 2.45) is 0 Å². The van der Waals surface area contributed by atoms with E-state index in [1.54, 1.807) is 30.8 Å². The Balaban J connectivity index is 1.38. The van der Waals surface area contributed by atoms with Crippen LogP contribution in [0.1, 0.15) is 5.01 Å². The summed E-state index contributed by atoms with van der Waals surface area (Å²) in [6.45, 7) is 0.482. The number of benzene rings is 2. The molecule has 31 heavy (non-hydrogen) atoms. The van der Waals surface area contributed by atoms with Gasteiger partial charge in [0.25, 0.3) is 0 Å². The van der Waals surface area contributed by atoms with Crippen LogP contribution in [0.4, 0.5) is 5.95 Å². The monoisotopic (exact) mass is 449 g/mol. The largest absolute Gasteiger partial charge is 0.497 e. The molecule has 5 aromatic rings. The molecule has 0 fully saturated rings.